The van der Waals surface area contributed by atoms with Crippen LogP contribution in [0.2, 0.25) is 0 Å². The summed E-state index contributed by atoms with van der Waals surface area (Å²) in [4.78, 5) is 62.2. The number of anilines is 1. The van der Waals surface area contributed by atoms with Gasteiger partial charge in [0.2, 0.25) is 11.8 Å². The first-order valence-corrected chi connectivity index (χ1v) is 19.7. The lowest BCUT2D eigenvalue weighted by Crippen LogP contribution is -2.57. The van der Waals surface area contributed by atoms with Crippen molar-refractivity contribution < 1.29 is 33.8 Å². The molecule has 5 rings (SSSR count). The Labute approximate surface area is 322 Å². The number of para-hydroxylation sites is 1. The zero-order chi connectivity index (χ0) is 38.4. The molecule has 0 aromatic heterocycles. The number of benzene rings is 2. The second-order valence-corrected chi connectivity index (χ2v) is 15.8. The van der Waals surface area contributed by atoms with Crippen molar-refractivity contribution in [3.8, 4) is 0 Å². The first-order chi connectivity index (χ1) is 25.4. The van der Waals surface area contributed by atoms with Gasteiger partial charge >= 0.3 is 5.97 Å². The number of amides is 3. The van der Waals surface area contributed by atoms with Gasteiger partial charge in [0.05, 0.1) is 24.0 Å². The van der Waals surface area contributed by atoms with Crippen LogP contribution < -0.4 is 4.90 Å². The van der Waals surface area contributed by atoms with Crippen molar-refractivity contribution in [3.63, 3.8) is 0 Å². The fourth-order valence-electron chi connectivity index (χ4n) is 8.59. The SMILES string of the molecule is C=CCCC(=O)N(C)[C@@H](C)[C@@H](OC(=O)[C@H]1[C@@H]2O[C@@]3(CC2Br)[C@@H]1C(=O)N(CCCCCCO)[C@@H]3C(=O)N(CC=C)c1c(C)cccc1C)c1ccccc1. The fraction of sp³-hybridized carbons (Fsp3) is 0.524. The van der Waals surface area contributed by atoms with Crippen LogP contribution in [0.1, 0.15) is 74.7 Å². The van der Waals surface area contributed by atoms with Gasteiger partial charge in [-0.15, -0.1) is 13.2 Å². The molecule has 8 atom stereocenters. The van der Waals surface area contributed by atoms with E-state index in [1.165, 1.54) is 0 Å². The number of ether oxygens (including phenoxy) is 2. The van der Waals surface area contributed by atoms with E-state index in [0.29, 0.717) is 32.2 Å². The average molecular weight is 793 g/mol. The summed E-state index contributed by atoms with van der Waals surface area (Å²) in [5.41, 5.74) is 2.04. The zero-order valence-corrected chi connectivity index (χ0v) is 33.0. The number of allylic oxidation sites excluding steroid dienone is 1. The number of likely N-dealkylation sites (tertiary alicyclic amines) is 1. The summed E-state index contributed by atoms with van der Waals surface area (Å²) < 4.78 is 13.2. The molecule has 0 saturated carbocycles. The fourth-order valence-corrected chi connectivity index (χ4v) is 9.53. The molecule has 1 spiro atoms. The number of unbranched alkanes of at least 4 members (excludes halogenated alkanes) is 3. The third-order valence-electron chi connectivity index (χ3n) is 11.3. The van der Waals surface area contributed by atoms with E-state index in [1.807, 2.05) is 69.3 Å². The van der Waals surface area contributed by atoms with Gasteiger partial charge in [0.15, 0.2) is 0 Å². The van der Waals surface area contributed by atoms with E-state index in [4.69, 9.17) is 9.47 Å². The van der Waals surface area contributed by atoms with Gasteiger partial charge in [0.25, 0.3) is 5.91 Å². The Bertz CT molecular complexity index is 1650. The van der Waals surface area contributed by atoms with Gasteiger partial charge in [-0.1, -0.05) is 89.5 Å². The Morgan fingerprint density at radius 3 is 2.38 bits per heavy atom. The maximum atomic E-state index is 15.1. The molecule has 3 aliphatic heterocycles. The van der Waals surface area contributed by atoms with E-state index in [2.05, 4.69) is 29.1 Å². The van der Waals surface area contributed by atoms with Gasteiger partial charge in [-0.05, 0) is 63.1 Å². The smallest absolute Gasteiger partial charge is 0.313 e. The topological polar surface area (TPSA) is 117 Å². The number of aryl methyl sites for hydroxylation is 2. The molecule has 1 N–H and O–H groups in total. The molecule has 53 heavy (non-hydrogen) atoms. The van der Waals surface area contributed by atoms with Crippen LogP contribution in [-0.2, 0) is 28.7 Å². The van der Waals surface area contributed by atoms with Crippen LogP contribution in [0.5, 0.6) is 0 Å². The molecule has 1 unspecified atom stereocenters. The Morgan fingerprint density at radius 2 is 1.74 bits per heavy atom. The van der Waals surface area contributed by atoms with E-state index in [1.54, 1.807) is 33.9 Å². The third-order valence-corrected chi connectivity index (χ3v) is 12.1. The molecule has 11 heteroatoms. The molecule has 0 aliphatic carbocycles. The van der Waals surface area contributed by atoms with Gasteiger partial charge in [-0.2, -0.15) is 0 Å². The number of carbonyl (C=O) groups is 4. The number of likely N-dealkylation sites (N-methyl/N-ethyl adjacent to an activating group) is 1. The quantitative estimate of drug-likeness (QED) is 0.0825. The zero-order valence-electron chi connectivity index (χ0n) is 31.4. The van der Waals surface area contributed by atoms with E-state index in [9.17, 15) is 19.5 Å². The number of aliphatic hydroxyl groups is 1. The predicted octanol–water partition coefficient (Wildman–Crippen LogP) is 6.22. The Hall–Kier alpha value is -3.80. The monoisotopic (exact) mass is 791 g/mol. The van der Waals surface area contributed by atoms with Crippen LogP contribution >= 0.6 is 15.9 Å². The van der Waals surface area contributed by atoms with Crippen LogP contribution in [0, 0.1) is 25.7 Å². The predicted molar refractivity (Wildman–Crippen MR) is 208 cm³/mol. The molecule has 2 bridgehead atoms. The molecule has 3 aliphatic rings. The Kier molecular flexibility index (Phi) is 13.4. The highest BCUT2D eigenvalue weighted by Crippen LogP contribution is 2.60. The third kappa shape index (κ3) is 7.89. The number of aliphatic hydroxyl groups excluding tert-OH is 1. The van der Waals surface area contributed by atoms with Gasteiger partial charge in [0.1, 0.15) is 17.7 Å². The van der Waals surface area contributed by atoms with Crippen molar-refractivity contribution in [2.75, 3.05) is 31.6 Å². The number of esters is 1. The summed E-state index contributed by atoms with van der Waals surface area (Å²) in [5, 5.41) is 9.33. The maximum Gasteiger partial charge on any atom is 0.313 e. The molecule has 10 nitrogen and oxygen atoms in total. The van der Waals surface area contributed by atoms with E-state index < -0.39 is 47.7 Å². The number of hydrogen-bond acceptors (Lipinski definition) is 7. The maximum absolute atomic E-state index is 15.1. The second kappa shape index (κ2) is 17.6. The first-order valence-electron chi connectivity index (χ1n) is 18.8. The van der Waals surface area contributed by atoms with Crippen molar-refractivity contribution in [1.29, 1.82) is 0 Å². The summed E-state index contributed by atoms with van der Waals surface area (Å²) in [6.07, 6.45) is 5.85. The lowest BCUT2D eigenvalue weighted by molar-refractivity contribution is -0.164. The van der Waals surface area contributed by atoms with Gasteiger partial charge in [-0.3, -0.25) is 19.2 Å². The van der Waals surface area contributed by atoms with Crippen molar-refractivity contribution in [1.82, 2.24) is 9.80 Å². The Morgan fingerprint density at radius 1 is 1.06 bits per heavy atom. The minimum atomic E-state index is -1.27. The van der Waals surface area contributed by atoms with Crippen molar-refractivity contribution in [2.45, 2.75) is 100 Å². The summed E-state index contributed by atoms with van der Waals surface area (Å²) in [7, 11) is 1.70. The van der Waals surface area contributed by atoms with Gasteiger partial charge < -0.3 is 29.3 Å². The lowest BCUT2D eigenvalue weighted by Gasteiger charge is -2.38. The number of hydrogen-bond donors (Lipinski definition) is 1. The normalized spacial score (nSPS) is 25.4. The summed E-state index contributed by atoms with van der Waals surface area (Å²) in [6, 6.07) is 13.6. The van der Waals surface area contributed by atoms with Gasteiger partial charge in [-0.25, -0.2) is 0 Å². The number of carbonyl (C=O) groups excluding carboxylic acids is 4. The van der Waals surface area contributed by atoms with Crippen molar-refractivity contribution in [3.05, 3.63) is 90.5 Å². The van der Waals surface area contributed by atoms with Crippen LogP contribution in [0.3, 0.4) is 0 Å². The van der Waals surface area contributed by atoms with Crippen molar-refractivity contribution >= 4 is 45.3 Å². The van der Waals surface area contributed by atoms with Crippen molar-refractivity contribution in [2.24, 2.45) is 11.8 Å². The highest BCUT2D eigenvalue weighted by atomic mass is 79.9. The minimum Gasteiger partial charge on any atom is -0.455 e. The molecule has 2 aromatic carbocycles. The standard InChI is InChI=1S/C42H54BrN3O7/c1-7-9-22-32(48)44(6)29(5)36(30-20-13-12-14-21-30)52-41(51)33-34-39(49)46(24-15-10-11-16-25-47)38(42(34)26-31(43)37(33)53-42)40(50)45(23-8-2)35-27(3)18-17-19-28(35)4/h7-8,12-14,17-21,29,31,33-34,36-38,47H,1-2,9-11,15-16,22-26H2,3-6H3/t29-,31?,33+,34-,36+,37+,38+,42-/m0/s1. The molecule has 2 aromatic rings. The molecular formula is C42H54BrN3O7. The second-order valence-electron chi connectivity index (χ2n) is 14.7. The summed E-state index contributed by atoms with van der Waals surface area (Å²) in [5.74, 6) is -3.20. The summed E-state index contributed by atoms with van der Waals surface area (Å²) >= 11 is 3.79. The van der Waals surface area contributed by atoms with Crippen LogP contribution in [0.15, 0.2) is 73.8 Å². The highest BCUT2D eigenvalue weighted by molar-refractivity contribution is 9.09. The largest absolute Gasteiger partial charge is 0.455 e. The van der Waals surface area contributed by atoms with E-state index in [-0.39, 0.29) is 42.1 Å². The van der Waals surface area contributed by atoms with Crippen LogP contribution in [0.4, 0.5) is 5.69 Å². The number of nitrogens with zero attached hydrogens (tertiary/aromatic N) is 3. The molecule has 3 amide bonds. The molecule has 3 saturated heterocycles. The van der Waals surface area contributed by atoms with Gasteiger partial charge in [0, 0.05) is 43.7 Å². The first kappa shape index (κ1) is 40.4. The summed E-state index contributed by atoms with van der Waals surface area (Å²) in [6.45, 7) is 14.1. The minimum absolute atomic E-state index is 0.0915. The Balaban J connectivity index is 1.52. The number of alkyl halides is 1. The van der Waals surface area contributed by atoms with Crippen LogP contribution in [0.25, 0.3) is 0 Å². The van der Waals surface area contributed by atoms with E-state index in [0.717, 1.165) is 35.2 Å². The molecule has 3 heterocycles. The average Bonchev–Trinajstić information content (AvgIpc) is 3.74. The number of fused-ring (bicyclic) bond motifs is 1. The molecular weight excluding hydrogens is 738 g/mol. The lowest BCUT2D eigenvalue weighted by atomic mass is 9.70. The molecule has 0 radical (unpaired) electrons. The number of halogens is 1. The van der Waals surface area contributed by atoms with E-state index >= 15 is 4.79 Å². The molecule has 3 fully saturated rings. The number of rotatable bonds is 18. The van der Waals surface area contributed by atoms with Crippen LogP contribution in [-0.4, -0.2) is 94.0 Å². The molecule has 286 valence electrons. The highest BCUT2D eigenvalue weighted by Gasteiger charge is 2.77.